The van der Waals surface area contributed by atoms with Crippen molar-refractivity contribution in [3.05, 3.63) is 33.8 Å². The van der Waals surface area contributed by atoms with Crippen molar-refractivity contribution in [1.82, 2.24) is 10.6 Å². The third-order valence-electron chi connectivity index (χ3n) is 3.22. The molecule has 0 fully saturated rings. The van der Waals surface area contributed by atoms with Crippen LogP contribution in [0.25, 0.3) is 0 Å². The molecular formula is C15H22BrN3O2. The fraction of sp³-hybridized carbons (Fsp3) is 0.467. The molecule has 0 aliphatic heterocycles. The van der Waals surface area contributed by atoms with Gasteiger partial charge in [-0.2, -0.15) is 0 Å². The lowest BCUT2D eigenvalue weighted by molar-refractivity contribution is -0.127. The van der Waals surface area contributed by atoms with E-state index in [2.05, 4.69) is 26.6 Å². The van der Waals surface area contributed by atoms with Crippen molar-refractivity contribution >= 4 is 27.7 Å². The molecule has 5 nitrogen and oxygen atoms in total. The van der Waals surface area contributed by atoms with Crippen LogP contribution in [0.2, 0.25) is 0 Å². The highest BCUT2D eigenvalue weighted by atomic mass is 79.9. The number of hydrogen-bond donors (Lipinski definition) is 3. The number of amides is 2. The number of nitrogens with two attached hydrogens (primary N) is 1. The van der Waals surface area contributed by atoms with Gasteiger partial charge in [0.1, 0.15) is 0 Å². The lowest BCUT2D eigenvalue weighted by Gasteiger charge is -2.15. The van der Waals surface area contributed by atoms with Gasteiger partial charge < -0.3 is 16.4 Å². The van der Waals surface area contributed by atoms with Crippen LogP contribution >= 0.6 is 15.9 Å². The second-order valence-corrected chi connectivity index (χ2v) is 6.25. The van der Waals surface area contributed by atoms with E-state index < -0.39 is 6.04 Å². The predicted molar refractivity (Wildman–Crippen MR) is 86.5 cm³/mol. The standard InChI is InChI=1S/C15H22BrN3O2/c1-9(2)14(17)15(21)19-8-13(20)18-7-11-4-5-12(16)6-10(11)3/h4-6,9,14H,7-8,17H2,1-3H3,(H,18,20)(H,19,21)/t14-/m0/s1. The minimum absolute atomic E-state index is 0.0403. The fourth-order valence-corrected chi connectivity index (χ4v) is 2.18. The van der Waals surface area contributed by atoms with Crippen molar-refractivity contribution < 1.29 is 9.59 Å². The van der Waals surface area contributed by atoms with E-state index in [-0.39, 0.29) is 24.3 Å². The van der Waals surface area contributed by atoms with Crippen LogP contribution in [-0.4, -0.2) is 24.4 Å². The zero-order valence-corrected chi connectivity index (χ0v) is 14.2. The molecule has 1 aromatic carbocycles. The molecule has 0 bridgehead atoms. The van der Waals surface area contributed by atoms with Crippen LogP contribution in [0.3, 0.4) is 0 Å². The molecule has 1 aromatic rings. The normalized spacial score (nSPS) is 12.1. The average molecular weight is 356 g/mol. The Balaban J connectivity index is 2.39. The first-order chi connectivity index (χ1) is 9.81. The summed E-state index contributed by atoms with van der Waals surface area (Å²) in [6, 6.07) is 5.28. The van der Waals surface area contributed by atoms with Crippen molar-refractivity contribution in [2.24, 2.45) is 11.7 Å². The highest BCUT2D eigenvalue weighted by Crippen LogP contribution is 2.15. The summed E-state index contributed by atoms with van der Waals surface area (Å²) in [5.41, 5.74) is 7.83. The Hall–Kier alpha value is -1.40. The van der Waals surface area contributed by atoms with E-state index in [9.17, 15) is 9.59 Å². The molecule has 0 aliphatic carbocycles. The first-order valence-corrected chi connectivity index (χ1v) is 7.65. The molecule has 2 amide bonds. The minimum atomic E-state index is -0.591. The van der Waals surface area contributed by atoms with E-state index in [0.717, 1.165) is 15.6 Å². The van der Waals surface area contributed by atoms with Crippen LogP contribution in [0, 0.1) is 12.8 Å². The Morgan fingerprint density at radius 2 is 1.95 bits per heavy atom. The number of rotatable bonds is 6. The van der Waals surface area contributed by atoms with E-state index in [1.807, 2.05) is 39.0 Å². The molecule has 0 saturated carbocycles. The molecule has 6 heteroatoms. The second-order valence-electron chi connectivity index (χ2n) is 5.34. The Bertz CT molecular complexity index is 518. The van der Waals surface area contributed by atoms with E-state index in [1.165, 1.54) is 0 Å². The summed E-state index contributed by atoms with van der Waals surface area (Å²) in [6.07, 6.45) is 0. The second kappa shape index (κ2) is 8.14. The van der Waals surface area contributed by atoms with Crippen molar-refractivity contribution in [1.29, 1.82) is 0 Å². The zero-order valence-electron chi connectivity index (χ0n) is 12.6. The maximum atomic E-state index is 11.7. The van der Waals surface area contributed by atoms with Crippen LogP contribution in [0.5, 0.6) is 0 Å². The largest absolute Gasteiger partial charge is 0.350 e. The summed E-state index contributed by atoms with van der Waals surface area (Å²) in [5.74, 6) is -0.500. The number of nitrogens with one attached hydrogen (secondary N) is 2. The molecule has 0 aromatic heterocycles. The SMILES string of the molecule is Cc1cc(Br)ccc1CNC(=O)CNC(=O)[C@@H](N)C(C)C. The zero-order chi connectivity index (χ0) is 16.0. The van der Waals surface area contributed by atoms with E-state index in [0.29, 0.717) is 6.54 Å². The maximum Gasteiger partial charge on any atom is 0.239 e. The first-order valence-electron chi connectivity index (χ1n) is 6.86. The molecular weight excluding hydrogens is 334 g/mol. The molecule has 0 saturated heterocycles. The van der Waals surface area contributed by atoms with Gasteiger partial charge in [-0.3, -0.25) is 9.59 Å². The van der Waals surface area contributed by atoms with Crippen LogP contribution in [0.1, 0.15) is 25.0 Å². The molecule has 4 N–H and O–H groups in total. The van der Waals surface area contributed by atoms with E-state index in [4.69, 9.17) is 5.73 Å². The van der Waals surface area contributed by atoms with Gasteiger partial charge in [0.25, 0.3) is 0 Å². The molecule has 1 rings (SSSR count). The topological polar surface area (TPSA) is 84.2 Å². The molecule has 0 radical (unpaired) electrons. The van der Waals surface area contributed by atoms with Gasteiger partial charge >= 0.3 is 0 Å². The van der Waals surface area contributed by atoms with Crippen LogP contribution in [0.4, 0.5) is 0 Å². The lowest BCUT2D eigenvalue weighted by Crippen LogP contribution is -2.47. The van der Waals surface area contributed by atoms with E-state index in [1.54, 1.807) is 0 Å². The Morgan fingerprint density at radius 1 is 1.29 bits per heavy atom. The molecule has 116 valence electrons. The molecule has 21 heavy (non-hydrogen) atoms. The third kappa shape index (κ3) is 5.85. The first kappa shape index (κ1) is 17.7. The highest BCUT2D eigenvalue weighted by Gasteiger charge is 2.17. The summed E-state index contributed by atoms with van der Waals surface area (Å²) < 4.78 is 1.00. The number of hydrogen-bond acceptors (Lipinski definition) is 3. The van der Waals surface area contributed by atoms with Gasteiger partial charge in [0, 0.05) is 11.0 Å². The lowest BCUT2D eigenvalue weighted by atomic mass is 10.1. The Kier molecular flexibility index (Phi) is 6.84. The Labute approximate surface area is 133 Å². The van der Waals surface area contributed by atoms with Crippen LogP contribution in [-0.2, 0) is 16.1 Å². The van der Waals surface area contributed by atoms with E-state index >= 15 is 0 Å². The highest BCUT2D eigenvalue weighted by molar-refractivity contribution is 9.10. The number of aryl methyl sites for hydroxylation is 1. The summed E-state index contributed by atoms with van der Waals surface area (Å²) in [6.45, 7) is 6.08. The van der Waals surface area contributed by atoms with Gasteiger partial charge in [-0.15, -0.1) is 0 Å². The molecule has 1 atom stereocenters. The Morgan fingerprint density at radius 3 is 2.52 bits per heavy atom. The van der Waals surface area contributed by atoms with Crippen LogP contribution < -0.4 is 16.4 Å². The summed E-state index contributed by atoms with van der Waals surface area (Å²) in [4.78, 5) is 23.3. The van der Waals surface area contributed by atoms with Gasteiger partial charge in [0.2, 0.25) is 11.8 Å². The van der Waals surface area contributed by atoms with Gasteiger partial charge in [-0.1, -0.05) is 35.8 Å². The number of halogens is 1. The summed E-state index contributed by atoms with van der Waals surface area (Å²) in [5, 5.41) is 5.31. The van der Waals surface area contributed by atoms with Crippen molar-refractivity contribution in [3.8, 4) is 0 Å². The predicted octanol–water partition coefficient (Wildman–Crippen LogP) is 1.47. The maximum absolute atomic E-state index is 11.7. The summed E-state index contributed by atoms with van der Waals surface area (Å²) >= 11 is 3.40. The monoisotopic (exact) mass is 355 g/mol. The molecule has 0 heterocycles. The number of carbonyl (C=O) groups is 2. The smallest absolute Gasteiger partial charge is 0.239 e. The van der Waals surface area contributed by atoms with Crippen molar-refractivity contribution in [2.45, 2.75) is 33.4 Å². The van der Waals surface area contributed by atoms with Gasteiger partial charge in [-0.05, 0) is 36.1 Å². The van der Waals surface area contributed by atoms with Gasteiger partial charge in [0.15, 0.2) is 0 Å². The van der Waals surface area contributed by atoms with Crippen molar-refractivity contribution in [3.63, 3.8) is 0 Å². The number of carbonyl (C=O) groups excluding carboxylic acids is 2. The molecule has 0 aliphatic rings. The minimum Gasteiger partial charge on any atom is -0.350 e. The number of benzene rings is 1. The van der Waals surface area contributed by atoms with Crippen LogP contribution in [0.15, 0.2) is 22.7 Å². The average Bonchev–Trinajstić information content (AvgIpc) is 2.42. The molecule has 0 spiro atoms. The quantitative estimate of drug-likeness (QED) is 0.722. The summed E-state index contributed by atoms with van der Waals surface area (Å²) in [7, 11) is 0. The van der Waals surface area contributed by atoms with Crippen molar-refractivity contribution in [2.75, 3.05) is 6.54 Å². The van der Waals surface area contributed by atoms with Gasteiger partial charge in [-0.25, -0.2) is 0 Å². The van der Waals surface area contributed by atoms with Gasteiger partial charge in [0.05, 0.1) is 12.6 Å². The molecule has 0 unspecified atom stereocenters. The fourth-order valence-electron chi connectivity index (χ4n) is 1.70. The third-order valence-corrected chi connectivity index (χ3v) is 3.72.